The Kier molecular flexibility index (Phi) is 5.01. The minimum absolute atomic E-state index is 0.213. The molecule has 0 radical (unpaired) electrons. The van der Waals surface area contributed by atoms with Crippen LogP contribution in [0.5, 0.6) is 5.75 Å². The van der Waals surface area contributed by atoms with E-state index < -0.39 is 0 Å². The van der Waals surface area contributed by atoms with Gasteiger partial charge in [0.05, 0.1) is 18.8 Å². The normalized spacial score (nSPS) is 11.3. The molecule has 1 aromatic carbocycles. The summed E-state index contributed by atoms with van der Waals surface area (Å²) in [6.07, 6.45) is 0.479. The van der Waals surface area contributed by atoms with Gasteiger partial charge in [-0.3, -0.25) is 0 Å². The number of hydrogen-bond donors (Lipinski definition) is 0. The molecule has 2 heteroatoms. The zero-order valence-electron chi connectivity index (χ0n) is 11.8. The van der Waals surface area contributed by atoms with Crippen molar-refractivity contribution in [1.29, 1.82) is 0 Å². The highest BCUT2D eigenvalue weighted by atomic mass is 16.5. The number of ether oxygens (including phenoxy) is 2. The largest absolute Gasteiger partial charge is 0.490 e. The Morgan fingerprint density at radius 2 is 1.47 bits per heavy atom. The second-order valence-corrected chi connectivity index (χ2v) is 5.09. The average molecular weight is 236 g/mol. The molecule has 0 atom stereocenters. The average Bonchev–Trinajstić information content (AvgIpc) is 2.20. The Morgan fingerprint density at radius 1 is 0.941 bits per heavy atom. The van der Waals surface area contributed by atoms with Crippen LogP contribution in [0.4, 0.5) is 0 Å². The zero-order valence-corrected chi connectivity index (χ0v) is 11.8. The van der Waals surface area contributed by atoms with E-state index in [0.29, 0.717) is 6.61 Å². The molecule has 0 saturated heterocycles. The van der Waals surface area contributed by atoms with E-state index in [4.69, 9.17) is 9.47 Å². The molecule has 1 rings (SSSR count). The molecule has 17 heavy (non-hydrogen) atoms. The first-order valence-corrected chi connectivity index (χ1v) is 6.28. The number of hydrogen-bond acceptors (Lipinski definition) is 2. The van der Waals surface area contributed by atoms with Gasteiger partial charge < -0.3 is 9.47 Å². The predicted molar refractivity (Wildman–Crippen MR) is 71.6 cm³/mol. The van der Waals surface area contributed by atoms with Crippen LogP contribution in [0.25, 0.3) is 0 Å². The Hall–Kier alpha value is -1.02. The van der Waals surface area contributed by atoms with Crippen LogP contribution in [0.3, 0.4) is 0 Å². The summed E-state index contributed by atoms with van der Waals surface area (Å²) in [5.74, 6) is 1.01. The van der Waals surface area contributed by atoms with Crippen LogP contribution in [-0.2, 0) is 11.3 Å². The summed E-state index contributed by atoms with van der Waals surface area (Å²) in [6, 6.07) is 4.29. The van der Waals surface area contributed by atoms with E-state index in [9.17, 15) is 0 Å². The van der Waals surface area contributed by atoms with Crippen LogP contribution in [0.1, 0.15) is 44.4 Å². The minimum Gasteiger partial charge on any atom is -0.490 e. The first-order valence-electron chi connectivity index (χ1n) is 6.28. The molecular formula is C15H24O2. The third-order valence-electron chi connectivity index (χ3n) is 2.46. The van der Waals surface area contributed by atoms with Gasteiger partial charge in [-0.1, -0.05) is 12.1 Å². The van der Waals surface area contributed by atoms with Crippen molar-refractivity contribution in [3.05, 3.63) is 28.8 Å². The molecule has 0 spiro atoms. The molecule has 0 aromatic heterocycles. The van der Waals surface area contributed by atoms with Crippen molar-refractivity contribution in [1.82, 2.24) is 0 Å². The van der Waals surface area contributed by atoms with Gasteiger partial charge >= 0.3 is 0 Å². The first-order chi connectivity index (χ1) is 7.90. The van der Waals surface area contributed by atoms with E-state index in [1.165, 1.54) is 16.7 Å². The molecule has 0 N–H and O–H groups in total. The van der Waals surface area contributed by atoms with Crippen LogP contribution in [0, 0.1) is 13.8 Å². The first kappa shape index (κ1) is 14.0. The summed E-state index contributed by atoms with van der Waals surface area (Å²) >= 11 is 0. The second-order valence-electron chi connectivity index (χ2n) is 5.09. The Bertz CT molecular complexity index is 344. The molecule has 1 aromatic rings. The number of aryl methyl sites for hydroxylation is 2. The molecule has 96 valence electrons. The molecule has 2 nitrogen and oxygen atoms in total. The Labute approximate surface area is 105 Å². The molecule has 0 unspecified atom stereocenters. The van der Waals surface area contributed by atoms with Gasteiger partial charge in [-0.05, 0) is 58.2 Å². The van der Waals surface area contributed by atoms with E-state index in [1.807, 2.05) is 0 Å². The minimum atomic E-state index is 0.213. The lowest BCUT2D eigenvalue weighted by Gasteiger charge is -2.17. The van der Waals surface area contributed by atoms with Gasteiger partial charge in [0.2, 0.25) is 0 Å². The van der Waals surface area contributed by atoms with E-state index in [0.717, 1.165) is 5.75 Å². The van der Waals surface area contributed by atoms with Crippen molar-refractivity contribution < 1.29 is 9.47 Å². The lowest BCUT2D eigenvalue weighted by molar-refractivity contribution is 0.0656. The monoisotopic (exact) mass is 236 g/mol. The molecule has 0 amide bonds. The molecule has 0 aliphatic heterocycles. The Morgan fingerprint density at radius 3 is 1.88 bits per heavy atom. The maximum absolute atomic E-state index is 5.82. The van der Waals surface area contributed by atoms with Crippen molar-refractivity contribution in [3.8, 4) is 5.75 Å². The highest BCUT2D eigenvalue weighted by Gasteiger charge is 2.08. The van der Waals surface area contributed by atoms with Crippen molar-refractivity contribution in [2.75, 3.05) is 0 Å². The van der Waals surface area contributed by atoms with Gasteiger partial charge in [0, 0.05) is 0 Å². The Balaban J connectivity index is 2.85. The van der Waals surface area contributed by atoms with Crippen LogP contribution in [-0.4, -0.2) is 12.2 Å². The van der Waals surface area contributed by atoms with Crippen LogP contribution in [0.15, 0.2) is 12.1 Å². The predicted octanol–water partition coefficient (Wildman–Crippen LogP) is 4.02. The molecule has 0 bridgehead atoms. The maximum Gasteiger partial charge on any atom is 0.125 e. The van der Waals surface area contributed by atoms with E-state index in [2.05, 4.69) is 53.7 Å². The second kappa shape index (κ2) is 6.06. The van der Waals surface area contributed by atoms with E-state index in [-0.39, 0.29) is 12.2 Å². The standard InChI is InChI=1S/C15H24O2/c1-10(2)16-9-14-7-12(5)15(13(6)8-14)17-11(3)4/h7-8,10-11H,9H2,1-6H3. The lowest BCUT2D eigenvalue weighted by atomic mass is 10.1. The molecule has 0 aliphatic rings. The molecule has 0 aliphatic carbocycles. The molecule has 0 saturated carbocycles. The fourth-order valence-corrected chi connectivity index (χ4v) is 1.81. The number of rotatable bonds is 5. The van der Waals surface area contributed by atoms with Gasteiger partial charge in [-0.15, -0.1) is 0 Å². The van der Waals surface area contributed by atoms with Crippen LogP contribution < -0.4 is 4.74 Å². The summed E-state index contributed by atoms with van der Waals surface area (Å²) in [4.78, 5) is 0. The highest BCUT2D eigenvalue weighted by Crippen LogP contribution is 2.26. The van der Waals surface area contributed by atoms with Gasteiger partial charge in [0.25, 0.3) is 0 Å². The highest BCUT2D eigenvalue weighted by molar-refractivity contribution is 5.43. The van der Waals surface area contributed by atoms with Gasteiger partial charge in [0.15, 0.2) is 0 Å². The van der Waals surface area contributed by atoms with Crippen molar-refractivity contribution in [2.24, 2.45) is 0 Å². The summed E-state index contributed by atoms with van der Waals surface area (Å²) in [5, 5.41) is 0. The third kappa shape index (κ3) is 4.39. The van der Waals surface area contributed by atoms with E-state index >= 15 is 0 Å². The smallest absolute Gasteiger partial charge is 0.125 e. The zero-order chi connectivity index (χ0) is 13.0. The maximum atomic E-state index is 5.82. The number of benzene rings is 1. The van der Waals surface area contributed by atoms with Crippen LogP contribution >= 0.6 is 0 Å². The van der Waals surface area contributed by atoms with Gasteiger partial charge in [-0.2, -0.15) is 0 Å². The molecular weight excluding hydrogens is 212 g/mol. The fourth-order valence-electron chi connectivity index (χ4n) is 1.81. The SMILES string of the molecule is Cc1cc(COC(C)C)cc(C)c1OC(C)C. The summed E-state index contributed by atoms with van der Waals surface area (Å²) in [7, 11) is 0. The lowest BCUT2D eigenvalue weighted by Crippen LogP contribution is -2.09. The quantitative estimate of drug-likeness (QED) is 0.769. The fraction of sp³-hybridized carbons (Fsp3) is 0.600. The van der Waals surface area contributed by atoms with E-state index in [1.54, 1.807) is 0 Å². The summed E-state index contributed by atoms with van der Waals surface area (Å²) in [6.45, 7) is 13.0. The van der Waals surface area contributed by atoms with Crippen molar-refractivity contribution in [2.45, 2.75) is 60.4 Å². The molecule has 0 heterocycles. The van der Waals surface area contributed by atoms with Gasteiger partial charge in [0.1, 0.15) is 5.75 Å². The summed E-state index contributed by atoms with van der Waals surface area (Å²) < 4.78 is 11.4. The van der Waals surface area contributed by atoms with Crippen LogP contribution in [0.2, 0.25) is 0 Å². The topological polar surface area (TPSA) is 18.5 Å². The van der Waals surface area contributed by atoms with Crippen molar-refractivity contribution >= 4 is 0 Å². The van der Waals surface area contributed by atoms with Crippen molar-refractivity contribution in [3.63, 3.8) is 0 Å². The molecule has 0 fully saturated rings. The third-order valence-corrected chi connectivity index (χ3v) is 2.46. The van der Waals surface area contributed by atoms with Gasteiger partial charge in [-0.25, -0.2) is 0 Å². The summed E-state index contributed by atoms with van der Waals surface area (Å²) in [5.41, 5.74) is 3.58.